The summed E-state index contributed by atoms with van der Waals surface area (Å²) in [7, 11) is 2.83. The van der Waals surface area contributed by atoms with Gasteiger partial charge in [0.25, 0.3) is 0 Å². The number of carbonyl (C=O) groups is 2. The van der Waals surface area contributed by atoms with Gasteiger partial charge in [-0.2, -0.15) is 5.26 Å². The molecule has 3 rings (SSSR count). The molecule has 0 fully saturated rings. The lowest BCUT2D eigenvalue weighted by Gasteiger charge is -2.22. The van der Waals surface area contributed by atoms with Gasteiger partial charge in [0.1, 0.15) is 13.2 Å². The van der Waals surface area contributed by atoms with Crippen molar-refractivity contribution in [3.8, 4) is 17.6 Å². The lowest BCUT2D eigenvalue weighted by atomic mass is 10.0. The third-order valence-corrected chi connectivity index (χ3v) is 5.01. The number of hydrogen-bond acceptors (Lipinski definition) is 7. The molecule has 0 aliphatic carbocycles. The zero-order valence-electron chi connectivity index (χ0n) is 19.3. The summed E-state index contributed by atoms with van der Waals surface area (Å²) in [4.78, 5) is 24.6. The van der Waals surface area contributed by atoms with Crippen molar-refractivity contribution in [2.45, 2.75) is 12.6 Å². The maximum Gasteiger partial charge on any atom is 0.330 e. The normalized spacial score (nSPS) is 11.1. The van der Waals surface area contributed by atoms with Crippen LogP contribution in [-0.4, -0.2) is 37.8 Å². The van der Waals surface area contributed by atoms with Crippen LogP contribution in [0, 0.1) is 11.3 Å². The maximum atomic E-state index is 12.3. The van der Waals surface area contributed by atoms with Gasteiger partial charge in [0, 0.05) is 24.4 Å². The Kier molecular flexibility index (Phi) is 8.65. The Morgan fingerprint density at radius 3 is 2.34 bits per heavy atom. The van der Waals surface area contributed by atoms with Crippen LogP contribution in [-0.2, 0) is 20.9 Å². The van der Waals surface area contributed by atoms with Crippen molar-refractivity contribution in [2.24, 2.45) is 0 Å². The minimum atomic E-state index is -1.25. The fraction of sp³-hybridized carbons (Fsp3) is 0.192. The lowest BCUT2D eigenvalue weighted by Crippen LogP contribution is -2.24. The van der Waals surface area contributed by atoms with E-state index in [0.717, 1.165) is 5.56 Å². The van der Waals surface area contributed by atoms with E-state index >= 15 is 0 Å². The number of hydrogen-bond donors (Lipinski definition) is 3. The SMILES string of the molecule is COCC(=O)Nc1cc(OCc2ccccc2)c(OC)cc1C(Nc1ccc(C#N)cc1)C(=O)O. The molecule has 9 heteroatoms. The van der Waals surface area contributed by atoms with Gasteiger partial charge in [0.2, 0.25) is 5.91 Å². The van der Waals surface area contributed by atoms with E-state index in [-0.39, 0.29) is 24.5 Å². The highest BCUT2D eigenvalue weighted by atomic mass is 16.5. The van der Waals surface area contributed by atoms with Crippen LogP contribution in [0.2, 0.25) is 0 Å². The Morgan fingerprint density at radius 2 is 1.74 bits per heavy atom. The number of carboxylic acids is 1. The molecule has 180 valence electrons. The predicted octanol–water partition coefficient (Wildman–Crippen LogP) is 3.97. The highest BCUT2D eigenvalue weighted by Crippen LogP contribution is 2.38. The molecule has 3 N–H and O–H groups in total. The molecule has 0 heterocycles. The first-order chi connectivity index (χ1) is 16.9. The highest BCUT2D eigenvalue weighted by Gasteiger charge is 2.26. The van der Waals surface area contributed by atoms with E-state index in [1.165, 1.54) is 26.4 Å². The van der Waals surface area contributed by atoms with E-state index in [1.54, 1.807) is 24.3 Å². The fourth-order valence-electron chi connectivity index (χ4n) is 3.33. The minimum Gasteiger partial charge on any atom is -0.493 e. The molecule has 9 nitrogen and oxygen atoms in total. The molecule has 0 spiro atoms. The lowest BCUT2D eigenvalue weighted by molar-refractivity contribution is -0.138. The van der Waals surface area contributed by atoms with Gasteiger partial charge in [0.15, 0.2) is 17.5 Å². The summed E-state index contributed by atoms with van der Waals surface area (Å²) in [6, 6.07) is 19.7. The van der Waals surface area contributed by atoms with Gasteiger partial charge in [-0.05, 0) is 35.9 Å². The second-order valence-corrected chi connectivity index (χ2v) is 7.45. The quantitative estimate of drug-likeness (QED) is 0.380. The molecule has 0 bridgehead atoms. The average Bonchev–Trinajstić information content (AvgIpc) is 2.87. The van der Waals surface area contributed by atoms with E-state index in [1.807, 2.05) is 36.4 Å². The summed E-state index contributed by atoms with van der Waals surface area (Å²) in [5, 5.41) is 24.6. The topological polar surface area (TPSA) is 130 Å². The molecule has 1 amide bonds. The van der Waals surface area contributed by atoms with E-state index in [0.29, 0.717) is 22.7 Å². The van der Waals surface area contributed by atoms with Crippen molar-refractivity contribution in [2.75, 3.05) is 31.5 Å². The molecular formula is C26H25N3O6. The standard InChI is InChI=1S/C26H25N3O6/c1-33-16-24(30)29-21-13-23(35-15-18-6-4-3-5-7-18)22(34-2)12-20(21)25(26(31)32)28-19-10-8-17(14-27)9-11-19/h3-13,25,28H,15-16H2,1-2H3,(H,29,30)(H,31,32). The van der Waals surface area contributed by atoms with Gasteiger partial charge < -0.3 is 30.0 Å². The number of nitrogens with zero attached hydrogens (tertiary/aromatic N) is 1. The molecule has 3 aromatic rings. The summed E-state index contributed by atoms with van der Waals surface area (Å²) in [6.45, 7) is 0.0281. The molecule has 0 radical (unpaired) electrons. The van der Waals surface area contributed by atoms with Crippen molar-refractivity contribution in [3.05, 3.63) is 83.4 Å². The molecule has 0 saturated heterocycles. The number of methoxy groups -OCH3 is 2. The number of anilines is 2. The van der Waals surface area contributed by atoms with Gasteiger partial charge in [-0.25, -0.2) is 4.79 Å². The number of aliphatic carboxylic acids is 1. The number of rotatable bonds is 11. The largest absolute Gasteiger partial charge is 0.493 e. The monoisotopic (exact) mass is 475 g/mol. The van der Waals surface area contributed by atoms with Crippen LogP contribution in [0.4, 0.5) is 11.4 Å². The Bertz CT molecular complexity index is 1210. The second kappa shape index (κ2) is 12.1. The van der Waals surface area contributed by atoms with Crippen molar-refractivity contribution < 1.29 is 28.9 Å². The van der Waals surface area contributed by atoms with Crippen LogP contribution in [0.25, 0.3) is 0 Å². The van der Waals surface area contributed by atoms with E-state index in [4.69, 9.17) is 19.5 Å². The molecule has 0 saturated carbocycles. The Hall–Kier alpha value is -4.55. The number of carboxylic acid groups (broad SMARTS) is 1. The third-order valence-electron chi connectivity index (χ3n) is 5.01. The number of nitrogens with one attached hydrogen (secondary N) is 2. The zero-order valence-corrected chi connectivity index (χ0v) is 19.3. The second-order valence-electron chi connectivity index (χ2n) is 7.45. The highest BCUT2D eigenvalue weighted by molar-refractivity contribution is 5.94. The predicted molar refractivity (Wildman–Crippen MR) is 129 cm³/mol. The molecular weight excluding hydrogens is 450 g/mol. The summed E-state index contributed by atoms with van der Waals surface area (Å²) < 4.78 is 16.3. The number of ether oxygens (including phenoxy) is 3. The summed E-state index contributed by atoms with van der Waals surface area (Å²) >= 11 is 0. The first-order valence-corrected chi connectivity index (χ1v) is 10.6. The van der Waals surface area contributed by atoms with E-state index in [9.17, 15) is 14.7 Å². The van der Waals surface area contributed by atoms with Crippen molar-refractivity contribution in [1.29, 1.82) is 5.26 Å². The van der Waals surface area contributed by atoms with Crippen LogP contribution in [0.1, 0.15) is 22.7 Å². The molecule has 1 atom stereocenters. The van der Waals surface area contributed by atoms with Gasteiger partial charge >= 0.3 is 5.97 Å². The zero-order chi connectivity index (χ0) is 25.2. The summed E-state index contributed by atoms with van der Waals surface area (Å²) in [5.41, 5.74) is 2.32. The maximum absolute atomic E-state index is 12.3. The summed E-state index contributed by atoms with van der Waals surface area (Å²) in [5.74, 6) is -1.02. The van der Waals surface area contributed by atoms with Crippen LogP contribution in [0.15, 0.2) is 66.7 Å². The number of carbonyl (C=O) groups excluding carboxylic acids is 1. The van der Waals surface area contributed by atoms with Gasteiger partial charge in [-0.1, -0.05) is 30.3 Å². The van der Waals surface area contributed by atoms with Crippen LogP contribution >= 0.6 is 0 Å². The average molecular weight is 476 g/mol. The Labute approximate surface area is 202 Å². The number of amides is 1. The van der Waals surface area contributed by atoms with Crippen molar-refractivity contribution >= 4 is 23.3 Å². The molecule has 1 unspecified atom stereocenters. The van der Waals surface area contributed by atoms with Crippen LogP contribution < -0.4 is 20.1 Å². The molecule has 0 aromatic heterocycles. The van der Waals surface area contributed by atoms with Crippen LogP contribution in [0.3, 0.4) is 0 Å². The smallest absolute Gasteiger partial charge is 0.330 e. The number of benzene rings is 3. The van der Waals surface area contributed by atoms with Crippen LogP contribution in [0.5, 0.6) is 11.5 Å². The summed E-state index contributed by atoms with van der Waals surface area (Å²) in [6.07, 6.45) is 0. The molecule has 0 aliphatic heterocycles. The first-order valence-electron chi connectivity index (χ1n) is 10.6. The molecule has 35 heavy (non-hydrogen) atoms. The third kappa shape index (κ3) is 6.72. The van der Waals surface area contributed by atoms with Gasteiger partial charge in [-0.15, -0.1) is 0 Å². The molecule has 0 aliphatic rings. The van der Waals surface area contributed by atoms with E-state index in [2.05, 4.69) is 10.6 Å². The van der Waals surface area contributed by atoms with Gasteiger partial charge in [0.05, 0.1) is 24.4 Å². The number of nitriles is 1. The minimum absolute atomic E-state index is 0.216. The van der Waals surface area contributed by atoms with E-state index < -0.39 is 17.9 Å². The van der Waals surface area contributed by atoms with Crippen molar-refractivity contribution in [1.82, 2.24) is 0 Å². The first kappa shape index (κ1) is 25.1. The van der Waals surface area contributed by atoms with Gasteiger partial charge in [-0.3, -0.25) is 4.79 Å². The molecule has 3 aromatic carbocycles. The van der Waals surface area contributed by atoms with Crippen molar-refractivity contribution in [3.63, 3.8) is 0 Å². The Balaban J connectivity index is 2.00. The Morgan fingerprint density at radius 1 is 1.03 bits per heavy atom. The fourth-order valence-corrected chi connectivity index (χ4v) is 3.33.